The van der Waals surface area contributed by atoms with Crippen LogP contribution in [0.15, 0.2) is 87.8 Å². The average molecular weight is 462 g/mol. The summed E-state index contributed by atoms with van der Waals surface area (Å²) in [5, 5.41) is 0. The number of benzene rings is 1. The van der Waals surface area contributed by atoms with Crippen LogP contribution in [0.2, 0.25) is 0 Å². The normalized spacial score (nSPS) is 17.5. The molecule has 1 aromatic carbocycles. The maximum atomic E-state index is 12.7. The van der Waals surface area contributed by atoms with E-state index in [4.69, 9.17) is 9.15 Å². The van der Waals surface area contributed by atoms with Crippen LogP contribution in [0.5, 0.6) is 5.75 Å². The van der Waals surface area contributed by atoms with Gasteiger partial charge in [0.1, 0.15) is 17.3 Å². The van der Waals surface area contributed by atoms with Gasteiger partial charge in [-0.05, 0) is 55.0 Å². The van der Waals surface area contributed by atoms with Crippen molar-refractivity contribution in [3.8, 4) is 5.75 Å². The highest BCUT2D eigenvalue weighted by atomic mass is 16.5. The molecule has 1 aromatic heterocycles. The average Bonchev–Trinajstić information content (AvgIpc) is 3.48. The summed E-state index contributed by atoms with van der Waals surface area (Å²) in [7, 11) is 0. The fourth-order valence-corrected chi connectivity index (χ4v) is 3.92. The highest BCUT2D eigenvalue weighted by Gasteiger charge is 2.32. The summed E-state index contributed by atoms with van der Waals surface area (Å²) in [6.07, 6.45) is 12.6. The SMILES string of the molecule is C=C(/C=C\C=N/COc1ccccc1)C(=O)CC1(C)CC=C(CCc2ccc(CC)o2)C1.CC. The number of carbonyl (C=O) groups is 1. The van der Waals surface area contributed by atoms with Gasteiger partial charge < -0.3 is 9.15 Å². The second-order valence-corrected chi connectivity index (χ2v) is 8.68. The van der Waals surface area contributed by atoms with Crippen molar-refractivity contribution >= 4 is 12.0 Å². The van der Waals surface area contributed by atoms with Crippen molar-refractivity contribution in [1.29, 1.82) is 0 Å². The topological polar surface area (TPSA) is 51.8 Å². The van der Waals surface area contributed by atoms with Crippen molar-refractivity contribution in [1.82, 2.24) is 0 Å². The van der Waals surface area contributed by atoms with Gasteiger partial charge in [-0.25, -0.2) is 0 Å². The van der Waals surface area contributed by atoms with Gasteiger partial charge in [0.25, 0.3) is 0 Å². The Kier molecular flexibility index (Phi) is 11.3. The van der Waals surface area contributed by atoms with Crippen LogP contribution in [0.4, 0.5) is 0 Å². The van der Waals surface area contributed by atoms with Gasteiger partial charge in [0.05, 0.1) is 0 Å². The van der Waals surface area contributed by atoms with Crippen LogP contribution in [-0.2, 0) is 17.6 Å². The van der Waals surface area contributed by atoms with Gasteiger partial charge in [-0.3, -0.25) is 9.79 Å². The molecule has 1 aliphatic carbocycles. The summed E-state index contributed by atoms with van der Waals surface area (Å²) in [5.41, 5.74) is 1.90. The van der Waals surface area contributed by atoms with E-state index in [9.17, 15) is 4.79 Å². The highest BCUT2D eigenvalue weighted by Crippen LogP contribution is 2.42. The van der Waals surface area contributed by atoms with Crippen LogP contribution in [-0.4, -0.2) is 18.7 Å². The Balaban J connectivity index is 0.00000199. The monoisotopic (exact) mass is 461 g/mol. The van der Waals surface area contributed by atoms with Crippen LogP contribution < -0.4 is 4.74 Å². The van der Waals surface area contributed by atoms with Crippen LogP contribution in [0.3, 0.4) is 0 Å². The number of allylic oxidation sites excluding steroid dienone is 5. The Bertz CT molecular complexity index is 997. The molecule has 182 valence electrons. The number of nitrogens with zero attached hydrogens (tertiary/aromatic N) is 1. The molecule has 0 spiro atoms. The van der Waals surface area contributed by atoms with Crippen LogP contribution >= 0.6 is 0 Å². The number of rotatable bonds is 12. The van der Waals surface area contributed by atoms with Crippen molar-refractivity contribution in [3.63, 3.8) is 0 Å². The van der Waals surface area contributed by atoms with Gasteiger partial charge >= 0.3 is 0 Å². The number of Topliss-reactive ketones (excluding diaryl/α,β-unsaturated/α-hetero) is 1. The molecule has 3 rings (SSSR count). The van der Waals surface area contributed by atoms with Crippen molar-refractivity contribution in [2.75, 3.05) is 6.73 Å². The molecule has 0 saturated heterocycles. The summed E-state index contributed by atoms with van der Waals surface area (Å²) in [5.74, 6) is 2.95. The molecule has 0 saturated carbocycles. The lowest BCUT2D eigenvalue weighted by atomic mass is 9.80. The number of para-hydroxylation sites is 1. The molecule has 2 aromatic rings. The Labute approximate surface area is 205 Å². The van der Waals surface area contributed by atoms with Gasteiger partial charge in [-0.15, -0.1) is 0 Å². The van der Waals surface area contributed by atoms with E-state index >= 15 is 0 Å². The second kappa shape index (κ2) is 14.2. The number of hydrogen-bond donors (Lipinski definition) is 0. The lowest BCUT2D eigenvalue weighted by Gasteiger charge is -2.23. The number of carbonyl (C=O) groups excluding carboxylic acids is 1. The summed E-state index contributed by atoms with van der Waals surface area (Å²) < 4.78 is 11.3. The lowest BCUT2D eigenvalue weighted by molar-refractivity contribution is -0.117. The largest absolute Gasteiger partial charge is 0.471 e. The second-order valence-electron chi connectivity index (χ2n) is 8.68. The lowest BCUT2D eigenvalue weighted by Crippen LogP contribution is -2.18. The van der Waals surface area contributed by atoms with Crippen molar-refractivity contribution < 1.29 is 13.9 Å². The van der Waals surface area contributed by atoms with E-state index in [0.29, 0.717) is 12.0 Å². The zero-order valence-corrected chi connectivity index (χ0v) is 21.2. The smallest absolute Gasteiger partial charge is 0.179 e. The first-order valence-electron chi connectivity index (χ1n) is 12.3. The first kappa shape index (κ1) is 27.1. The quantitative estimate of drug-likeness (QED) is 0.141. The number of aliphatic imine (C=N–C) groups is 1. The minimum Gasteiger partial charge on any atom is -0.471 e. The van der Waals surface area contributed by atoms with E-state index < -0.39 is 0 Å². The van der Waals surface area contributed by atoms with Crippen molar-refractivity contribution in [2.45, 2.75) is 66.2 Å². The molecule has 0 aliphatic heterocycles. The number of aryl methyl sites for hydroxylation is 2. The summed E-state index contributed by atoms with van der Waals surface area (Å²) in [4.78, 5) is 16.8. The molecule has 0 N–H and O–H groups in total. The fraction of sp³-hybridized carbons (Fsp3) is 0.400. The molecule has 4 heteroatoms. The molecule has 0 radical (unpaired) electrons. The standard InChI is InChI=1S/C28H33NO3.C2H6/c1-4-24-14-15-26(32-24)13-12-23-16-17-28(3,19-23)20-27(30)22(2)9-8-18-29-21-31-25-10-6-5-7-11-25;1-2/h5-11,14-16,18H,2,4,12-13,17,19-21H2,1,3H3;1-2H3/b9-8-,29-18-;. The zero-order chi connectivity index (χ0) is 24.8. The van der Waals surface area contributed by atoms with E-state index in [-0.39, 0.29) is 17.9 Å². The van der Waals surface area contributed by atoms with Gasteiger partial charge in [-0.1, -0.05) is 70.2 Å². The number of ketones is 1. The summed E-state index contributed by atoms with van der Waals surface area (Å²) in [6.45, 7) is 12.5. The molecule has 1 heterocycles. The number of ether oxygens (including phenoxy) is 1. The third-order valence-corrected chi connectivity index (χ3v) is 5.78. The van der Waals surface area contributed by atoms with E-state index in [1.165, 1.54) is 5.57 Å². The predicted molar refractivity (Wildman–Crippen MR) is 142 cm³/mol. The predicted octanol–water partition coefficient (Wildman–Crippen LogP) is 7.71. The molecule has 4 nitrogen and oxygen atoms in total. The summed E-state index contributed by atoms with van der Waals surface area (Å²) >= 11 is 0. The Morgan fingerprint density at radius 2 is 1.88 bits per heavy atom. The molecular weight excluding hydrogens is 422 g/mol. The third-order valence-electron chi connectivity index (χ3n) is 5.78. The van der Waals surface area contributed by atoms with Crippen LogP contribution in [0.1, 0.15) is 64.9 Å². The maximum absolute atomic E-state index is 12.7. The van der Waals surface area contributed by atoms with Gasteiger partial charge in [-0.2, -0.15) is 0 Å². The van der Waals surface area contributed by atoms with E-state index in [1.807, 2.05) is 44.2 Å². The molecule has 0 fully saturated rings. The van der Waals surface area contributed by atoms with E-state index in [1.54, 1.807) is 18.4 Å². The third kappa shape index (κ3) is 9.01. The van der Waals surface area contributed by atoms with E-state index in [0.717, 1.165) is 49.4 Å². The van der Waals surface area contributed by atoms with Crippen molar-refractivity contribution in [3.05, 3.63) is 89.9 Å². The molecule has 1 aliphatic rings. The molecule has 34 heavy (non-hydrogen) atoms. The van der Waals surface area contributed by atoms with E-state index in [2.05, 4.69) is 43.6 Å². The van der Waals surface area contributed by atoms with Gasteiger partial charge in [0, 0.05) is 31.1 Å². The van der Waals surface area contributed by atoms with Crippen molar-refractivity contribution in [2.24, 2.45) is 10.4 Å². The highest BCUT2D eigenvalue weighted by molar-refractivity contribution is 5.98. The number of hydrogen-bond acceptors (Lipinski definition) is 4. The summed E-state index contributed by atoms with van der Waals surface area (Å²) in [6, 6.07) is 13.7. The van der Waals surface area contributed by atoms with Gasteiger partial charge in [0.2, 0.25) is 0 Å². The van der Waals surface area contributed by atoms with Crippen LogP contribution in [0, 0.1) is 5.41 Å². The number of furan rings is 1. The van der Waals surface area contributed by atoms with Gasteiger partial charge in [0.15, 0.2) is 12.5 Å². The first-order valence-corrected chi connectivity index (χ1v) is 12.3. The minimum atomic E-state index is -0.0292. The van der Waals surface area contributed by atoms with Crippen LogP contribution in [0.25, 0.3) is 0 Å². The Morgan fingerprint density at radius 1 is 1.15 bits per heavy atom. The first-order chi connectivity index (χ1) is 16.5. The molecule has 0 amide bonds. The maximum Gasteiger partial charge on any atom is 0.179 e. The molecule has 1 atom stereocenters. The Hall–Kier alpha value is -3.14. The minimum absolute atomic E-state index is 0.0292. The molecule has 0 bridgehead atoms. The Morgan fingerprint density at radius 3 is 2.59 bits per heavy atom. The fourth-order valence-electron chi connectivity index (χ4n) is 3.92. The molecule has 1 unspecified atom stereocenters. The zero-order valence-electron chi connectivity index (χ0n) is 21.2. The molecular formula is C30H39NO3.